The average Bonchev–Trinajstić information content (AvgIpc) is 2.46. The summed E-state index contributed by atoms with van der Waals surface area (Å²) < 4.78 is 43.8. The van der Waals surface area contributed by atoms with Crippen molar-refractivity contribution >= 4 is 11.6 Å². The molecule has 0 radical (unpaired) electrons. The summed E-state index contributed by atoms with van der Waals surface area (Å²) in [7, 11) is 0. The number of ether oxygens (including phenoxy) is 1. The molecule has 0 saturated heterocycles. The Morgan fingerprint density at radius 2 is 1.86 bits per heavy atom. The zero-order chi connectivity index (χ0) is 15.0. The lowest BCUT2D eigenvalue weighted by Crippen LogP contribution is -2.09. The van der Waals surface area contributed by atoms with Crippen molar-refractivity contribution in [3.05, 3.63) is 52.5 Å². The van der Waals surface area contributed by atoms with Gasteiger partial charge in [0.2, 0.25) is 0 Å². The molecule has 3 rings (SSSR count). The van der Waals surface area contributed by atoms with Crippen molar-refractivity contribution in [2.45, 2.75) is 19.0 Å². The second-order valence-electron chi connectivity index (χ2n) is 4.94. The van der Waals surface area contributed by atoms with Gasteiger partial charge in [-0.15, -0.1) is 0 Å². The van der Waals surface area contributed by atoms with Gasteiger partial charge in [-0.25, -0.2) is 0 Å². The van der Waals surface area contributed by atoms with Crippen LogP contribution < -0.4 is 4.74 Å². The van der Waals surface area contributed by atoms with Gasteiger partial charge in [0.15, 0.2) is 0 Å². The second kappa shape index (κ2) is 5.26. The molecule has 0 aliphatic carbocycles. The van der Waals surface area contributed by atoms with Crippen molar-refractivity contribution in [1.82, 2.24) is 0 Å². The maximum atomic E-state index is 12.7. The molecule has 1 aliphatic rings. The van der Waals surface area contributed by atoms with E-state index in [1.807, 2.05) is 18.2 Å². The number of para-hydroxylation sites is 1. The van der Waals surface area contributed by atoms with Crippen LogP contribution in [0.2, 0.25) is 5.02 Å². The fraction of sp³-hybridized carbons (Fsp3) is 0.250. The van der Waals surface area contributed by atoms with Crippen molar-refractivity contribution in [2.75, 3.05) is 6.61 Å². The standard InChI is InChI=1S/C16H12ClF3O/c17-14-9-11(16(18,19)20)6-7-12(14)13-5-1-3-10-4-2-8-21-15(10)13/h1,3,5-7,9H,2,4,8H2. The van der Waals surface area contributed by atoms with Crippen LogP contribution in [0.5, 0.6) is 5.75 Å². The highest BCUT2D eigenvalue weighted by Crippen LogP contribution is 2.41. The summed E-state index contributed by atoms with van der Waals surface area (Å²) in [6.45, 7) is 0.613. The lowest BCUT2D eigenvalue weighted by molar-refractivity contribution is -0.137. The molecule has 1 aliphatic heterocycles. The maximum absolute atomic E-state index is 12.7. The summed E-state index contributed by atoms with van der Waals surface area (Å²) in [6.07, 6.45) is -2.55. The molecule has 0 saturated carbocycles. The molecule has 5 heteroatoms. The van der Waals surface area contributed by atoms with Gasteiger partial charge < -0.3 is 4.74 Å². The van der Waals surface area contributed by atoms with Crippen molar-refractivity contribution in [1.29, 1.82) is 0 Å². The number of benzene rings is 2. The van der Waals surface area contributed by atoms with E-state index in [-0.39, 0.29) is 5.02 Å². The van der Waals surface area contributed by atoms with Crippen LogP contribution in [0.15, 0.2) is 36.4 Å². The molecular weight excluding hydrogens is 301 g/mol. The number of hydrogen-bond acceptors (Lipinski definition) is 1. The van der Waals surface area contributed by atoms with Crippen LogP contribution in [0.1, 0.15) is 17.5 Å². The van der Waals surface area contributed by atoms with Gasteiger partial charge in [-0.05, 0) is 30.5 Å². The summed E-state index contributed by atoms with van der Waals surface area (Å²) >= 11 is 6.06. The van der Waals surface area contributed by atoms with E-state index < -0.39 is 11.7 Å². The highest BCUT2D eigenvalue weighted by Gasteiger charge is 2.31. The van der Waals surface area contributed by atoms with Gasteiger partial charge in [-0.2, -0.15) is 13.2 Å². The normalized spacial score (nSPS) is 14.5. The van der Waals surface area contributed by atoms with Gasteiger partial charge in [0.25, 0.3) is 0 Å². The molecule has 2 aromatic carbocycles. The number of hydrogen-bond donors (Lipinski definition) is 0. The Balaban J connectivity index is 2.10. The third-order valence-corrected chi connectivity index (χ3v) is 3.83. The summed E-state index contributed by atoms with van der Waals surface area (Å²) in [6, 6.07) is 9.06. The predicted molar refractivity (Wildman–Crippen MR) is 75.7 cm³/mol. The maximum Gasteiger partial charge on any atom is 0.416 e. The van der Waals surface area contributed by atoms with E-state index in [0.717, 1.165) is 41.9 Å². The largest absolute Gasteiger partial charge is 0.493 e. The Hall–Kier alpha value is -1.68. The molecule has 21 heavy (non-hydrogen) atoms. The monoisotopic (exact) mass is 312 g/mol. The number of rotatable bonds is 1. The number of alkyl halides is 3. The van der Waals surface area contributed by atoms with E-state index in [2.05, 4.69) is 0 Å². The minimum atomic E-state index is -4.39. The summed E-state index contributed by atoms with van der Waals surface area (Å²) in [5.41, 5.74) is 1.62. The fourth-order valence-electron chi connectivity index (χ4n) is 2.51. The van der Waals surface area contributed by atoms with Gasteiger partial charge in [-0.1, -0.05) is 35.9 Å². The Bertz CT molecular complexity index is 680. The van der Waals surface area contributed by atoms with Crippen molar-refractivity contribution in [3.8, 4) is 16.9 Å². The molecule has 0 spiro atoms. The van der Waals surface area contributed by atoms with Crippen LogP contribution >= 0.6 is 11.6 Å². The first kappa shape index (κ1) is 14.3. The Morgan fingerprint density at radius 1 is 1.05 bits per heavy atom. The quantitative estimate of drug-likeness (QED) is 0.689. The molecule has 0 aromatic heterocycles. The lowest BCUT2D eigenvalue weighted by Gasteiger charge is -2.21. The molecule has 0 fully saturated rings. The van der Waals surface area contributed by atoms with Gasteiger partial charge in [0, 0.05) is 16.1 Å². The van der Waals surface area contributed by atoms with Crippen molar-refractivity contribution in [2.24, 2.45) is 0 Å². The lowest BCUT2D eigenvalue weighted by atomic mass is 9.97. The molecule has 0 bridgehead atoms. The first-order valence-electron chi connectivity index (χ1n) is 6.58. The third-order valence-electron chi connectivity index (χ3n) is 3.52. The highest BCUT2D eigenvalue weighted by molar-refractivity contribution is 6.33. The van der Waals surface area contributed by atoms with Crippen molar-refractivity contribution in [3.63, 3.8) is 0 Å². The molecule has 2 aromatic rings. The van der Waals surface area contributed by atoms with Gasteiger partial charge in [0.1, 0.15) is 5.75 Å². The highest BCUT2D eigenvalue weighted by atomic mass is 35.5. The molecule has 0 atom stereocenters. The smallest absolute Gasteiger partial charge is 0.416 e. The van der Waals surface area contributed by atoms with Crippen molar-refractivity contribution < 1.29 is 17.9 Å². The zero-order valence-electron chi connectivity index (χ0n) is 11.0. The van der Waals surface area contributed by atoms with E-state index in [4.69, 9.17) is 16.3 Å². The van der Waals surface area contributed by atoms with Crippen LogP contribution in [0, 0.1) is 0 Å². The van der Waals surface area contributed by atoms with Crippen LogP contribution in [0.25, 0.3) is 11.1 Å². The van der Waals surface area contributed by atoms with Crippen LogP contribution in [-0.4, -0.2) is 6.61 Å². The number of halogens is 4. The number of aryl methyl sites for hydroxylation is 1. The Kier molecular flexibility index (Phi) is 3.57. The van der Waals surface area contributed by atoms with E-state index in [0.29, 0.717) is 12.2 Å². The molecule has 1 nitrogen and oxygen atoms in total. The second-order valence-corrected chi connectivity index (χ2v) is 5.35. The predicted octanol–water partition coefficient (Wildman–Crippen LogP) is 5.35. The van der Waals surface area contributed by atoms with Gasteiger partial charge >= 0.3 is 6.18 Å². The minimum Gasteiger partial charge on any atom is -0.493 e. The fourth-order valence-corrected chi connectivity index (χ4v) is 2.79. The van der Waals surface area contributed by atoms with Crippen LogP contribution in [0.4, 0.5) is 13.2 Å². The van der Waals surface area contributed by atoms with E-state index in [1.165, 1.54) is 6.07 Å². The Morgan fingerprint density at radius 3 is 2.57 bits per heavy atom. The SMILES string of the molecule is FC(F)(F)c1ccc(-c2cccc3c2OCCC3)c(Cl)c1. The van der Waals surface area contributed by atoms with Crippen LogP contribution in [-0.2, 0) is 12.6 Å². The molecule has 0 N–H and O–H groups in total. The first-order chi connectivity index (χ1) is 9.97. The molecule has 0 unspecified atom stereocenters. The van der Waals surface area contributed by atoms with E-state index in [1.54, 1.807) is 0 Å². The topological polar surface area (TPSA) is 9.23 Å². The summed E-state index contributed by atoms with van der Waals surface area (Å²) in [5, 5.41) is 0.0763. The van der Waals surface area contributed by atoms with E-state index in [9.17, 15) is 13.2 Å². The minimum absolute atomic E-state index is 0.0763. The molecule has 0 amide bonds. The van der Waals surface area contributed by atoms with Crippen LogP contribution in [0.3, 0.4) is 0 Å². The zero-order valence-corrected chi connectivity index (χ0v) is 11.8. The summed E-state index contributed by atoms with van der Waals surface area (Å²) in [4.78, 5) is 0. The number of fused-ring (bicyclic) bond motifs is 1. The molecule has 110 valence electrons. The van der Waals surface area contributed by atoms with Gasteiger partial charge in [0.05, 0.1) is 12.2 Å². The third kappa shape index (κ3) is 2.72. The Labute approximate surface area is 125 Å². The average molecular weight is 313 g/mol. The van der Waals surface area contributed by atoms with E-state index >= 15 is 0 Å². The summed E-state index contributed by atoms with van der Waals surface area (Å²) in [5.74, 6) is 0.727. The molecule has 1 heterocycles. The van der Waals surface area contributed by atoms with Gasteiger partial charge in [-0.3, -0.25) is 0 Å². The first-order valence-corrected chi connectivity index (χ1v) is 6.96. The molecular formula is C16H12ClF3O.